The molecule has 0 saturated carbocycles. The number of aryl methyl sites for hydroxylation is 3. The SMILES string of the molecule is CCC1CCCC[NH+]1Cc1c(C)[nH]c2cc(C)cc(C)c2c1=O. The van der Waals surface area contributed by atoms with Crippen molar-refractivity contribution >= 4 is 10.9 Å². The zero-order valence-corrected chi connectivity index (χ0v) is 14.9. The third-order valence-corrected chi connectivity index (χ3v) is 5.53. The number of quaternary nitrogens is 1. The monoisotopic (exact) mass is 313 g/mol. The van der Waals surface area contributed by atoms with Gasteiger partial charge in [0.05, 0.1) is 23.7 Å². The molecule has 3 nitrogen and oxygen atoms in total. The molecule has 1 aromatic heterocycles. The van der Waals surface area contributed by atoms with Gasteiger partial charge in [-0.05, 0) is 63.6 Å². The Labute approximate surface area is 138 Å². The molecule has 0 aliphatic carbocycles. The molecule has 2 atom stereocenters. The molecule has 1 saturated heterocycles. The summed E-state index contributed by atoms with van der Waals surface area (Å²) in [6.45, 7) is 10.5. The van der Waals surface area contributed by atoms with Gasteiger partial charge in [-0.1, -0.05) is 13.0 Å². The molecule has 3 rings (SSSR count). The van der Waals surface area contributed by atoms with Crippen LogP contribution in [0.25, 0.3) is 10.9 Å². The van der Waals surface area contributed by atoms with Crippen molar-refractivity contribution in [3.05, 3.63) is 44.7 Å². The van der Waals surface area contributed by atoms with Gasteiger partial charge in [0.25, 0.3) is 0 Å². The number of rotatable bonds is 3. The van der Waals surface area contributed by atoms with Gasteiger partial charge in [0.2, 0.25) is 0 Å². The number of pyridine rings is 1. The van der Waals surface area contributed by atoms with Crippen LogP contribution in [0.5, 0.6) is 0 Å². The number of likely N-dealkylation sites (tertiary alicyclic amines) is 1. The third kappa shape index (κ3) is 3.07. The highest BCUT2D eigenvalue weighted by atomic mass is 16.1. The van der Waals surface area contributed by atoms with Crippen molar-refractivity contribution < 1.29 is 4.90 Å². The van der Waals surface area contributed by atoms with Crippen LogP contribution in [-0.2, 0) is 6.54 Å². The highest BCUT2D eigenvalue weighted by molar-refractivity contribution is 5.83. The maximum absolute atomic E-state index is 13.1. The Bertz CT molecular complexity index is 775. The van der Waals surface area contributed by atoms with E-state index in [9.17, 15) is 4.79 Å². The van der Waals surface area contributed by atoms with Crippen molar-refractivity contribution in [2.24, 2.45) is 0 Å². The largest absolute Gasteiger partial charge is 0.358 e. The van der Waals surface area contributed by atoms with E-state index in [-0.39, 0.29) is 5.43 Å². The van der Waals surface area contributed by atoms with E-state index >= 15 is 0 Å². The molecule has 124 valence electrons. The lowest BCUT2D eigenvalue weighted by Gasteiger charge is -2.32. The molecule has 23 heavy (non-hydrogen) atoms. The summed E-state index contributed by atoms with van der Waals surface area (Å²) in [7, 11) is 0. The highest BCUT2D eigenvalue weighted by Crippen LogP contribution is 2.18. The Morgan fingerprint density at radius 1 is 1.22 bits per heavy atom. The minimum Gasteiger partial charge on any atom is -0.358 e. The van der Waals surface area contributed by atoms with Crippen LogP contribution >= 0.6 is 0 Å². The van der Waals surface area contributed by atoms with E-state index in [1.165, 1.54) is 37.8 Å². The first-order valence-corrected chi connectivity index (χ1v) is 8.98. The van der Waals surface area contributed by atoms with E-state index in [0.29, 0.717) is 6.04 Å². The van der Waals surface area contributed by atoms with Gasteiger partial charge >= 0.3 is 0 Å². The number of aromatic nitrogens is 1. The smallest absolute Gasteiger partial charge is 0.198 e. The van der Waals surface area contributed by atoms with E-state index in [1.807, 2.05) is 6.92 Å². The predicted octanol–water partition coefficient (Wildman–Crippen LogP) is 2.80. The second kappa shape index (κ2) is 6.48. The number of hydrogen-bond acceptors (Lipinski definition) is 1. The van der Waals surface area contributed by atoms with Crippen LogP contribution in [0.3, 0.4) is 0 Å². The quantitative estimate of drug-likeness (QED) is 0.898. The number of benzene rings is 1. The molecule has 2 heterocycles. The Hall–Kier alpha value is -1.61. The standard InChI is InChI=1S/C20H28N2O/c1-5-16-8-6-7-9-22(16)12-17-15(4)21-18-11-13(2)10-14(3)19(18)20(17)23/h10-11,16H,5-9,12H2,1-4H3,(H,21,23)/p+1. The first kappa shape index (κ1) is 16.3. The number of hydrogen-bond donors (Lipinski definition) is 2. The lowest BCUT2D eigenvalue weighted by Crippen LogP contribution is -3.15. The first-order chi connectivity index (χ1) is 11.0. The van der Waals surface area contributed by atoms with Crippen molar-refractivity contribution in [2.45, 2.75) is 66.0 Å². The molecule has 1 aromatic carbocycles. The van der Waals surface area contributed by atoms with E-state index < -0.39 is 0 Å². The Morgan fingerprint density at radius 3 is 2.74 bits per heavy atom. The fraction of sp³-hybridized carbons (Fsp3) is 0.550. The average Bonchev–Trinajstić information content (AvgIpc) is 2.50. The highest BCUT2D eigenvalue weighted by Gasteiger charge is 2.26. The summed E-state index contributed by atoms with van der Waals surface area (Å²) in [4.78, 5) is 18.2. The number of aromatic amines is 1. The predicted molar refractivity (Wildman–Crippen MR) is 96.2 cm³/mol. The lowest BCUT2D eigenvalue weighted by atomic mass is 9.97. The second-order valence-electron chi connectivity index (χ2n) is 7.25. The molecule has 2 N–H and O–H groups in total. The minimum absolute atomic E-state index is 0.238. The second-order valence-corrected chi connectivity index (χ2v) is 7.25. The molecule has 0 bridgehead atoms. The van der Waals surface area contributed by atoms with Crippen LogP contribution < -0.4 is 10.3 Å². The molecule has 1 aliphatic rings. The molecular weight excluding hydrogens is 284 g/mol. The summed E-state index contributed by atoms with van der Waals surface area (Å²) in [5.74, 6) is 0. The van der Waals surface area contributed by atoms with Gasteiger partial charge in [0.1, 0.15) is 6.54 Å². The van der Waals surface area contributed by atoms with Gasteiger partial charge in [-0.25, -0.2) is 0 Å². The molecule has 2 unspecified atom stereocenters. The molecule has 0 radical (unpaired) electrons. The van der Waals surface area contributed by atoms with Crippen molar-refractivity contribution in [3.8, 4) is 0 Å². The van der Waals surface area contributed by atoms with Gasteiger partial charge < -0.3 is 9.88 Å². The van der Waals surface area contributed by atoms with Crippen molar-refractivity contribution in [2.75, 3.05) is 6.54 Å². The molecule has 2 aromatic rings. The van der Waals surface area contributed by atoms with Crippen LogP contribution in [0, 0.1) is 20.8 Å². The Balaban J connectivity index is 2.06. The number of piperidine rings is 1. The van der Waals surface area contributed by atoms with Gasteiger partial charge in [0, 0.05) is 11.1 Å². The fourth-order valence-corrected chi connectivity index (χ4v) is 4.28. The summed E-state index contributed by atoms with van der Waals surface area (Å²) in [6, 6.07) is 4.90. The maximum Gasteiger partial charge on any atom is 0.198 e. The molecule has 3 heteroatoms. The van der Waals surface area contributed by atoms with E-state index in [4.69, 9.17) is 0 Å². The van der Waals surface area contributed by atoms with Crippen molar-refractivity contribution in [3.63, 3.8) is 0 Å². The van der Waals surface area contributed by atoms with E-state index in [1.54, 1.807) is 4.90 Å². The van der Waals surface area contributed by atoms with Gasteiger partial charge in [-0.15, -0.1) is 0 Å². The van der Waals surface area contributed by atoms with Gasteiger partial charge in [0.15, 0.2) is 5.43 Å². The van der Waals surface area contributed by atoms with Crippen LogP contribution in [-0.4, -0.2) is 17.6 Å². The van der Waals surface area contributed by atoms with E-state index in [2.05, 4.69) is 37.9 Å². The summed E-state index contributed by atoms with van der Waals surface area (Å²) >= 11 is 0. The Kier molecular flexibility index (Phi) is 4.58. The zero-order valence-electron chi connectivity index (χ0n) is 14.9. The van der Waals surface area contributed by atoms with Crippen molar-refractivity contribution in [1.82, 2.24) is 4.98 Å². The summed E-state index contributed by atoms with van der Waals surface area (Å²) < 4.78 is 0. The third-order valence-electron chi connectivity index (χ3n) is 5.53. The average molecular weight is 313 g/mol. The van der Waals surface area contributed by atoms with Gasteiger partial charge in [-0.3, -0.25) is 4.79 Å². The van der Waals surface area contributed by atoms with Crippen LogP contribution in [0.4, 0.5) is 0 Å². The fourth-order valence-electron chi connectivity index (χ4n) is 4.28. The number of fused-ring (bicyclic) bond motifs is 1. The number of H-pyrrole nitrogens is 1. The molecule has 0 amide bonds. The molecule has 0 spiro atoms. The molecule has 1 fully saturated rings. The van der Waals surface area contributed by atoms with Crippen LogP contribution in [0.1, 0.15) is 55.0 Å². The summed E-state index contributed by atoms with van der Waals surface area (Å²) in [5, 5.41) is 0.876. The minimum atomic E-state index is 0.238. The Morgan fingerprint density at radius 2 is 2.00 bits per heavy atom. The van der Waals surface area contributed by atoms with Crippen LogP contribution in [0.2, 0.25) is 0 Å². The molecule has 1 aliphatic heterocycles. The topological polar surface area (TPSA) is 37.3 Å². The molecular formula is C20H29N2O+. The van der Waals surface area contributed by atoms with Gasteiger partial charge in [-0.2, -0.15) is 0 Å². The van der Waals surface area contributed by atoms with Crippen LogP contribution in [0.15, 0.2) is 16.9 Å². The maximum atomic E-state index is 13.1. The lowest BCUT2D eigenvalue weighted by molar-refractivity contribution is -0.944. The summed E-state index contributed by atoms with van der Waals surface area (Å²) in [6.07, 6.45) is 5.13. The first-order valence-electron chi connectivity index (χ1n) is 8.98. The van der Waals surface area contributed by atoms with E-state index in [0.717, 1.165) is 34.3 Å². The number of nitrogens with one attached hydrogen (secondary N) is 2. The zero-order chi connectivity index (χ0) is 16.6. The van der Waals surface area contributed by atoms with Crippen molar-refractivity contribution in [1.29, 1.82) is 0 Å². The summed E-state index contributed by atoms with van der Waals surface area (Å²) in [5.41, 5.74) is 5.53. The normalized spacial score (nSPS) is 21.7.